The molecular formula is C37H58ClN5O8S. The second kappa shape index (κ2) is 24.4. The molecule has 0 aliphatic rings. The topological polar surface area (TPSA) is 220 Å². The number of rotatable bonds is 20. The number of phenolic OH excluding ortho intramolecular Hbond substituents is 1. The van der Waals surface area contributed by atoms with Crippen LogP contribution in [-0.2, 0) is 41.6 Å². The molecule has 4 amide bonds. The quantitative estimate of drug-likeness (QED) is 0.0859. The van der Waals surface area contributed by atoms with E-state index in [0.29, 0.717) is 38.0 Å². The van der Waals surface area contributed by atoms with Gasteiger partial charge < -0.3 is 42.3 Å². The number of aromatic hydroxyl groups is 1. The first-order valence-electron chi connectivity index (χ1n) is 17.0. The average molecular weight is 768 g/mol. The minimum absolute atomic E-state index is 0. The third kappa shape index (κ3) is 16.2. The molecule has 52 heavy (non-hydrogen) atoms. The number of benzene rings is 2. The SMILES string of the molecule is COC(=O)CCCCCNC(=O)C(Cc1c(C)cc(C)cc1C)NC(=O)CNC(=O)[C@@H](CCSC)NC(=O)[C@H](N)Cc1c(C)cc(O)cc1C.Cl.O. The van der Waals surface area contributed by atoms with Gasteiger partial charge in [0.1, 0.15) is 17.8 Å². The number of nitrogens with two attached hydrogens (primary N) is 1. The summed E-state index contributed by atoms with van der Waals surface area (Å²) in [6, 6.07) is 4.52. The van der Waals surface area contributed by atoms with Gasteiger partial charge in [-0.1, -0.05) is 24.1 Å². The van der Waals surface area contributed by atoms with Crippen LogP contribution in [0.3, 0.4) is 0 Å². The van der Waals surface area contributed by atoms with Gasteiger partial charge in [-0.05, 0) is 118 Å². The summed E-state index contributed by atoms with van der Waals surface area (Å²) in [5.41, 5.74) is 12.8. The van der Waals surface area contributed by atoms with Crippen molar-refractivity contribution in [3.8, 4) is 5.75 Å². The van der Waals surface area contributed by atoms with Crippen LogP contribution in [0, 0.1) is 34.6 Å². The van der Waals surface area contributed by atoms with E-state index in [9.17, 15) is 29.1 Å². The molecule has 0 radical (unpaired) electrons. The number of unbranched alkanes of at least 4 members (excludes halogenated alkanes) is 2. The van der Waals surface area contributed by atoms with Crippen molar-refractivity contribution in [1.82, 2.24) is 21.3 Å². The molecular weight excluding hydrogens is 710 g/mol. The highest BCUT2D eigenvalue weighted by atomic mass is 35.5. The number of esters is 1. The van der Waals surface area contributed by atoms with Gasteiger partial charge >= 0.3 is 5.97 Å². The Labute approximate surface area is 318 Å². The zero-order chi connectivity index (χ0) is 37.4. The van der Waals surface area contributed by atoms with Gasteiger partial charge in [-0.15, -0.1) is 12.4 Å². The Morgan fingerprint density at radius 1 is 0.788 bits per heavy atom. The lowest BCUT2D eigenvalue weighted by molar-refractivity contribution is -0.140. The molecule has 0 fully saturated rings. The number of aryl methyl sites for hydroxylation is 5. The first kappa shape index (κ1) is 48.1. The Hall–Kier alpha value is -3.85. The number of phenols is 1. The molecule has 0 heterocycles. The molecule has 0 aromatic heterocycles. The number of nitrogens with one attached hydrogen (secondary N) is 4. The minimum Gasteiger partial charge on any atom is -0.508 e. The summed E-state index contributed by atoms with van der Waals surface area (Å²) in [7, 11) is 1.35. The van der Waals surface area contributed by atoms with Crippen LogP contribution in [-0.4, -0.2) is 90.5 Å². The molecule has 1 unspecified atom stereocenters. The number of ether oxygens (including phenoxy) is 1. The molecule has 15 heteroatoms. The number of hydrogen-bond acceptors (Lipinski definition) is 9. The largest absolute Gasteiger partial charge is 0.508 e. The highest BCUT2D eigenvalue weighted by Gasteiger charge is 2.27. The van der Waals surface area contributed by atoms with Crippen LogP contribution in [0.2, 0.25) is 0 Å². The van der Waals surface area contributed by atoms with Crippen LogP contribution in [0.4, 0.5) is 0 Å². The van der Waals surface area contributed by atoms with Crippen molar-refractivity contribution in [3.05, 3.63) is 63.2 Å². The zero-order valence-electron chi connectivity index (χ0n) is 31.4. The van der Waals surface area contributed by atoms with Crippen molar-refractivity contribution < 1.29 is 39.3 Å². The summed E-state index contributed by atoms with van der Waals surface area (Å²) in [5, 5.41) is 20.9. The molecule has 3 atom stereocenters. The van der Waals surface area contributed by atoms with Gasteiger partial charge in [0.2, 0.25) is 23.6 Å². The van der Waals surface area contributed by atoms with Crippen LogP contribution < -0.4 is 27.0 Å². The van der Waals surface area contributed by atoms with E-state index in [1.165, 1.54) is 18.9 Å². The van der Waals surface area contributed by atoms with Crippen LogP contribution >= 0.6 is 24.2 Å². The predicted octanol–water partition coefficient (Wildman–Crippen LogP) is 2.33. The van der Waals surface area contributed by atoms with Crippen molar-refractivity contribution >= 4 is 53.8 Å². The normalized spacial score (nSPS) is 12.2. The van der Waals surface area contributed by atoms with Gasteiger partial charge in [0, 0.05) is 19.4 Å². The summed E-state index contributed by atoms with van der Waals surface area (Å²) in [6.07, 6.45) is 5.03. The highest BCUT2D eigenvalue weighted by Crippen LogP contribution is 2.22. The first-order valence-corrected chi connectivity index (χ1v) is 18.4. The lowest BCUT2D eigenvalue weighted by Gasteiger charge is -2.23. The summed E-state index contributed by atoms with van der Waals surface area (Å²) >= 11 is 1.51. The predicted molar refractivity (Wildman–Crippen MR) is 208 cm³/mol. The molecule has 2 rings (SSSR count). The number of hydrogen-bond donors (Lipinski definition) is 6. The second-order valence-corrected chi connectivity index (χ2v) is 13.8. The zero-order valence-corrected chi connectivity index (χ0v) is 33.0. The van der Waals surface area contributed by atoms with Crippen molar-refractivity contribution in [1.29, 1.82) is 0 Å². The van der Waals surface area contributed by atoms with Crippen LogP contribution in [0.15, 0.2) is 24.3 Å². The molecule has 292 valence electrons. The Balaban J connectivity index is 0.0000130. The number of amides is 4. The third-order valence-electron chi connectivity index (χ3n) is 8.59. The number of carbonyl (C=O) groups excluding carboxylic acids is 5. The summed E-state index contributed by atoms with van der Waals surface area (Å²) < 4.78 is 4.66. The van der Waals surface area contributed by atoms with Crippen molar-refractivity contribution in [2.24, 2.45) is 5.73 Å². The van der Waals surface area contributed by atoms with E-state index in [1.54, 1.807) is 12.1 Å². The standard InChI is InChI=1S/C37H55N5O7S.ClH.H2O/c1-22-15-23(2)29(24(3)16-22)20-32(37(48)39-13-10-8-9-11-34(45)49-6)41-33(44)21-40-36(47)31(12-14-50-7)42-35(46)30(38)19-28-25(4)17-27(43)18-26(28)5;;/h15-18,30-32,43H,8-14,19-21,38H2,1-7H3,(H,39,48)(H,40,47)(H,41,44)(H,42,46);1H;1H2/t30-,31-,32?;;/m1../s1. The van der Waals surface area contributed by atoms with E-state index >= 15 is 0 Å². The Kier molecular flexibility index (Phi) is 22.6. The summed E-state index contributed by atoms with van der Waals surface area (Å²) in [6.45, 7) is 9.58. The molecule has 0 bridgehead atoms. The van der Waals surface area contributed by atoms with Gasteiger partial charge in [-0.25, -0.2) is 0 Å². The lowest BCUT2D eigenvalue weighted by atomic mass is 9.94. The molecule has 0 saturated carbocycles. The molecule has 0 aliphatic heterocycles. The van der Waals surface area contributed by atoms with Gasteiger partial charge in [-0.2, -0.15) is 11.8 Å². The molecule has 0 spiro atoms. The molecule has 2 aromatic rings. The second-order valence-electron chi connectivity index (χ2n) is 12.8. The van der Waals surface area contributed by atoms with E-state index in [2.05, 4.69) is 26.0 Å². The maximum atomic E-state index is 13.3. The average Bonchev–Trinajstić information content (AvgIpc) is 3.05. The Morgan fingerprint density at radius 2 is 1.35 bits per heavy atom. The van der Waals surface area contributed by atoms with E-state index in [0.717, 1.165) is 45.4 Å². The van der Waals surface area contributed by atoms with E-state index in [4.69, 9.17) is 5.73 Å². The van der Waals surface area contributed by atoms with Gasteiger partial charge in [0.05, 0.1) is 19.7 Å². The molecule has 0 aliphatic carbocycles. The highest BCUT2D eigenvalue weighted by molar-refractivity contribution is 7.98. The smallest absolute Gasteiger partial charge is 0.305 e. The minimum atomic E-state index is -0.939. The number of methoxy groups -OCH3 is 1. The summed E-state index contributed by atoms with van der Waals surface area (Å²) in [4.78, 5) is 64.2. The monoisotopic (exact) mass is 767 g/mol. The number of thioether (sulfide) groups is 1. The molecule has 2 aromatic carbocycles. The fourth-order valence-electron chi connectivity index (χ4n) is 5.88. The van der Waals surface area contributed by atoms with Crippen LogP contribution in [0.1, 0.15) is 71.0 Å². The van der Waals surface area contributed by atoms with Gasteiger partial charge in [0.15, 0.2) is 0 Å². The lowest BCUT2D eigenvalue weighted by Crippen LogP contribution is -2.54. The summed E-state index contributed by atoms with van der Waals surface area (Å²) in [5.74, 6) is -1.51. The van der Waals surface area contributed by atoms with Crippen molar-refractivity contribution in [2.45, 2.75) is 97.7 Å². The van der Waals surface area contributed by atoms with E-state index in [-0.39, 0.29) is 48.4 Å². The fourth-order valence-corrected chi connectivity index (χ4v) is 6.35. The third-order valence-corrected chi connectivity index (χ3v) is 9.24. The molecule has 0 saturated heterocycles. The van der Waals surface area contributed by atoms with Crippen LogP contribution in [0.5, 0.6) is 5.75 Å². The van der Waals surface area contributed by atoms with Crippen molar-refractivity contribution in [3.63, 3.8) is 0 Å². The number of carbonyl (C=O) groups is 5. The van der Waals surface area contributed by atoms with Crippen molar-refractivity contribution in [2.75, 3.05) is 32.2 Å². The maximum Gasteiger partial charge on any atom is 0.305 e. The number of halogens is 1. The van der Waals surface area contributed by atoms with E-state index in [1.807, 2.05) is 53.0 Å². The molecule has 13 nitrogen and oxygen atoms in total. The van der Waals surface area contributed by atoms with E-state index < -0.39 is 42.4 Å². The molecule has 9 N–H and O–H groups in total. The van der Waals surface area contributed by atoms with Gasteiger partial charge in [-0.3, -0.25) is 24.0 Å². The van der Waals surface area contributed by atoms with Crippen LogP contribution in [0.25, 0.3) is 0 Å². The maximum absolute atomic E-state index is 13.3. The van der Waals surface area contributed by atoms with Gasteiger partial charge in [0.25, 0.3) is 0 Å². The Bertz CT molecular complexity index is 1460. The first-order chi connectivity index (χ1) is 23.7. The Morgan fingerprint density at radius 3 is 1.92 bits per heavy atom. The fraction of sp³-hybridized carbons (Fsp3) is 0.541.